The average molecular weight is 231 g/mol. The molecule has 0 heterocycles. The summed E-state index contributed by atoms with van der Waals surface area (Å²) in [6.07, 6.45) is 5.24. The van der Waals surface area contributed by atoms with Crippen molar-refractivity contribution >= 4 is 12.6 Å². The van der Waals surface area contributed by atoms with Gasteiger partial charge in [0.05, 0.1) is 12.2 Å². The van der Waals surface area contributed by atoms with Gasteiger partial charge in [-0.2, -0.15) is 12.6 Å². The van der Waals surface area contributed by atoms with Crippen molar-refractivity contribution in [2.24, 2.45) is 0 Å². The number of hydroxylamine groups is 1. The third kappa shape index (κ3) is 3.70. The smallest absolute Gasteiger partial charge is 0.0894 e. The van der Waals surface area contributed by atoms with Gasteiger partial charge in [-0.05, 0) is 32.3 Å². The van der Waals surface area contributed by atoms with E-state index in [1.807, 2.05) is 13.8 Å². The van der Waals surface area contributed by atoms with Gasteiger partial charge < -0.3 is 4.74 Å². The van der Waals surface area contributed by atoms with Gasteiger partial charge in [0, 0.05) is 11.4 Å². The van der Waals surface area contributed by atoms with Crippen molar-refractivity contribution in [3.63, 3.8) is 0 Å². The van der Waals surface area contributed by atoms with Crippen LogP contribution in [-0.4, -0.2) is 23.2 Å². The van der Waals surface area contributed by atoms with Gasteiger partial charge >= 0.3 is 0 Å². The molecule has 1 unspecified atom stereocenters. The summed E-state index contributed by atoms with van der Waals surface area (Å²) in [4.78, 5) is 0. The van der Waals surface area contributed by atoms with Gasteiger partial charge in [-0.3, -0.25) is 10.7 Å². The van der Waals surface area contributed by atoms with Crippen LogP contribution in [0.4, 0.5) is 0 Å². The van der Waals surface area contributed by atoms with Crippen LogP contribution in [0.3, 0.4) is 0 Å². The zero-order valence-electron chi connectivity index (χ0n) is 9.49. The number of thiol groups is 1. The number of nitrogens with one attached hydrogen (secondary N) is 1. The monoisotopic (exact) mass is 231 g/mol. The SMILES string of the molecule is C/C(NO)=C(\C)C(CS)OC1CCCC1. The highest BCUT2D eigenvalue weighted by Gasteiger charge is 2.21. The maximum Gasteiger partial charge on any atom is 0.0894 e. The highest BCUT2D eigenvalue weighted by molar-refractivity contribution is 7.80. The Kier molecular flexibility index (Phi) is 5.50. The molecule has 0 aromatic rings. The molecule has 15 heavy (non-hydrogen) atoms. The first-order chi connectivity index (χ1) is 7.19. The molecule has 1 rings (SSSR count). The highest BCUT2D eigenvalue weighted by atomic mass is 32.1. The lowest BCUT2D eigenvalue weighted by Crippen LogP contribution is -2.25. The van der Waals surface area contributed by atoms with Crippen LogP contribution in [0.25, 0.3) is 0 Å². The molecule has 0 bridgehead atoms. The van der Waals surface area contributed by atoms with Gasteiger partial charge in [0.1, 0.15) is 0 Å². The van der Waals surface area contributed by atoms with Crippen molar-refractivity contribution in [1.29, 1.82) is 0 Å². The van der Waals surface area contributed by atoms with E-state index in [-0.39, 0.29) is 6.10 Å². The third-order valence-corrected chi connectivity index (χ3v) is 3.40. The first-order valence-electron chi connectivity index (χ1n) is 5.52. The number of ether oxygens (including phenoxy) is 1. The fraction of sp³-hybridized carbons (Fsp3) is 0.818. The Balaban J connectivity index is 2.54. The van der Waals surface area contributed by atoms with Crippen LogP contribution in [-0.2, 0) is 4.74 Å². The Labute approximate surface area is 97.3 Å². The second kappa shape index (κ2) is 6.40. The fourth-order valence-electron chi connectivity index (χ4n) is 1.87. The lowest BCUT2D eigenvalue weighted by atomic mass is 10.1. The van der Waals surface area contributed by atoms with Crippen molar-refractivity contribution in [2.45, 2.75) is 51.7 Å². The molecule has 2 N–H and O–H groups in total. The van der Waals surface area contributed by atoms with E-state index in [9.17, 15) is 0 Å². The molecular formula is C11H21NO2S. The Morgan fingerprint density at radius 2 is 2.07 bits per heavy atom. The molecule has 88 valence electrons. The van der Waals surface area contributed by atoms with Gasteiger partial charge in [-0.25, -0.2) is 0 Å². The van der Waals surface area contributed by atoms with Crippen LogP contribution in [0.5, 0.6) is 0 Å². The molecule has 0 aliphatic heterocycles. The van der Waals surface area contributed by atoms with Crippen molar-refractivity contribution in [2.75, 3.05) is 5.75 Å². The first-order valence-corrected chi connectivity index (χ1v) is 6.16. The minimum Gasteiger partial charge on any atom is -0.370 e. The molecule has 4 heteroatoms. The van der Waals surface area contributed by atoms with Gasteiger partial charge in [-0.15, -0.1) is 0 Å². The molecule has 0 amide bonds. The predicted molar refractivity (Wildman–Crippen MR) is 64.3 cm³/mol. The van der Waals surface area contributed by atoms with E-state index in [4.69, 9.17) is 9.94 Å². The molecule has 0 radical (unpaired) electrons. The van der Waals surface area contributed by atoms with Crippen LogP contribution in [0.15, 0.2) is 11.3 Å². The molecule has 0 aromatic heterocycles. The zero-order chi connectivity index (χ0) is 11.3. The maximum atomic E-state index is 8.82. The van der Waals surface area contributed by atoms with E-state index in [1.165, 1.54) is 12.8 Å². The zero-order valence-corrected chi connectivity index (χ0v) is 10.4. The summed E-state index contributed by atoms with van der Waals surface area (Å²) in [6, 6.07) is 0. The summed E-state index contributed by atoms with van der Waals surface area (Å²) in [5, 5.41) is 8.82. The number of rotatable bonds is 5. The number of hydrogen-bond acceptors (Lipinski definition) is 4. The van der Waals surface area contributed by atoms with Crippen molar-refractivity contribution in [1.82, 2.24) is 5.48 Å². The van der Waals surface area contributed by atoms with Gasteiger partial charge in [0.2, 0.25) is 0 Å². The average Bonchev–Trinajstić information content (AvgIpc) is 2.76. The first kappa shape index (κ1) is 12.9. The van der Waals surface area contributed by atoms with Crippen molar-refractivity contribution < 1.29 is 9.94 Å². The third-order valence-electron chi connectivity index (χ3n) is 3.07. The molecular weight excluding hydrogens is 210 g/mol. The summed E-state index contributed by atoms with van der Waals surface area (Å²) < 4.78 is 5.96. The molecule has 1 atom stereocenters. The van der Waals surface area contributed by atoms with E-state index < -0.39 is 0 Å². The van der Waals surface area contributed by atoms with Crippen molar-refractivity contribution in [3.8, 4) is 0 Å². The van der Waals surface area contributed by atoms with Gasteiger partial charge in [0.15, 0.2) is 0 Å². The summed E-state index contributed by atoms with van der Waals surface area (Å²) in [5.74, 6) is 0.654. The second-order valence-corrected chi connectivity index (χ2v) is 4.50. The maximum absolute atomic E-state index is 8.82. The van der Waals surface area contributed by atoms with Crippen LogP contribution in [0.2, 0.25) is 0 Å². The quantitative estimate of drug-likeness (QED) is 0.503. The lowest BCUT2D eigenvalue weighted by Gasteiger charge is -2.22. The largest absolute Gasteiger partial charge is 0.370 e. The van der Waals surface area contributed by atoms with Crippen LogP contribution in [0, 0.1) is 0 Å². The number of allylic oxidation sites excluding steroid dienone is 1. The Bertz CT molecular complexity index is 225. The van der Waals surface area contributed by atoms with Gasteiger partial charge in [-0.1, -0.05) is 12.8 Å². The molecule has 0 spiro atoms. The molecule has 3 nitrogen and oxygen atoms in total. The van der Waals surface area contributed by atoms with E-state index in [0.29, 0.717) is 11.9 Å². The van der Waals surface area contributed by atoms with Crippen LogP contribution < -0.4 is 5.48 Å². The lowest BCUT2D eigenvalue weighted by molar-refractivity contribution is 0.0226. The summed E-state index contributed by atoms with van der Waals surface area (Å²) in [7, 11) is 0. The van der Waals surface area contributed by atoms with Crippen molar-refractivity contribution in [3.05, 3.63) is 11.3 Å². The second-order valence-electron chi connectivity index (χ2n) is 4.13. The molecule has 0 saturated heterocycles. The fourth-order valence-corrected chi connectivity index (χ4v) is 2.23. The van der Waals surface area contributed by atoms with E-state index in [0.717, 1.165) is 24.1 Å². The molecule has 0 aromatic carbocycles. The van der Waals surface area contributed by atoms with E-state index in [1.54, 1.807) is 0 Å². The minimum absolute atomic E-state index is 0.0103. The van der Waals surface area contributed by atoms with Gasteiger partial charge in [0.25, 0.3) is 0 Å². The topological polar surface area (TPSA) is 41.5 Å². The van der Waals surface area contributed by atoms with E-state index >= 15 is 0 Å². The summed E-state index contributed by atoms with van der Waals surface area (Å²) >= 11 is 4.29. The predicted octanol–water partition coefficient (Wildman–Crippen LogP) is 2.52. The number of hydrogen-bond donors (Lipinski definition) is 3. The molecule has 1 fully saturated rings. The Hall–Kier alpha value is -0.190. The molecule has 1 aliphatic rings. The summed E-state index contributed by atoms with van der Waals surface area (Å²) in [5.41, 5.74) is 3.95. The van der Waals surface area contributed by atoms with Crippen LogP contribution in [0.1, 0.15) is 39.5 Å². The normalized spacial score (nSPS) is 21.3. The molecule has 1 saturated carbocycles. The molecule has 1 aliphatic carbocycles. The van der Waals surface area contributed by atoms with E-state index in [2.05, 4.69) is 18.1 Å². The standard InChI is InChI=1S/C11H21NO2S/c1-8(9(2)12-13)11(7-15)14-10-5-3-4-6-10/h10-13,15H,3-7H2,1-2H3/b9-8-. The Morgan fingerprint density at radius 1 is 1.47 bits per heavy atom. The highest BCUT2D eigenvalue weighted by Crippen LogP contribution is 2.24. The summed E-state index contributed by atoms with van der Waals surface area (Å²) in [6.45, 7) is 3.80. The van der Waals surface area contributed by atoms with Crippen LogP contribution >= 0.6 is 12.6 Å². The minimum atomic E-state index is 0.0103. The Morgan fingerprint density at radius 3 is 2.53 bits per heavy atom.